The molecule has 5 atom stereocenters. The minimum absolute atomic E-state index is 0.0462. The average molecular weight is 531 g/mol. The summed E-state index contributed by atoms with van der Waals surface area (Å²) in [6.45, 7) is 15.8. The van der Waals surface area contributed by atoms with E-state index in [1.807, 2.05) is 20.8 Å². The van der Waals surface area contributed by atoms with Crippen molar-refractivity contribution in [1.29, 1.82) is 0 Å². The molecule has 3 rings (SSSR count). The molecule has 0 radical (unpaired) electrons. The fourth-order valence-corrected chi connectivity index (χ4v) is 4.38. The first-order valence-electron chi connectivity index (χ1n) is 14.4. The summed E-state index contributed by atoms with van der Waals surface area (Å²) in [4.78, 5) is 12.5. The second kappa shape index (κ2) is 16.4. The summed E-state index contributed by atoms with van der Waals surface area (Å²) in [5.41, 5.74) is -0.135. The van der Waals surface area contributed by atoms with Gasteiger partial charge in [0, 0.05) is 32.2 Å². The van der Waals surface area contributed by atoms with Gasteiger partial charge in [-0.15, -0.1) is 0 Å². The molecule has 8 nitrogen and oxygen atoms in total. The molecule has 1 N–H and O–H groups in total. The fourth-order valence-electron chi connectivity index (χ4n) is 4.38. The standard InChI is InChI=1S/C17H30O5.C12H24O3/c1-17(2,3)13(12-21-14-8-4-6-10-19-14)16(18)22-15-9-5-7-11-20-15;1-12(2,3)10(8-13)9-15-11-6-4-5-7-14-11/h13-15H,4-12H2,1-3H3;10-11,13H,4-9H2,1-3H3/t13-,14?,15?;10-,11?/m01/s1. The summed E-state index contributed by atoms with van der Waals surface area (Å²) >= 11 is 0. The second-order valence-corrected chi connectivity index (χ2v) is 12.7. The zero-order valence-corrected chi connectivity index (χ0v) is 24.3. The highest BCUT2D eigenvalue weighted by Gasteiger charge is 2.35. The van der Waals surface area contributed by atoms with Crippen LogP contribution in [0.15, 0.2) is 0 Å². The van der Waals surface area contributed by atoms with E-state index in [0.29, 0.717) is 19.8 Å². The molecule has 0 spiro atoms. The van der Waals surface area contributed by atoms with Crippen molar-refractivity contribution in [2.75, 3.05) is 39.6 Å². The number of aliphatic hydroxyl groups excluding tert-OH is 1. The van der Waals surface area contributed by atoms with Gasteiger partial charge in [-0.2, -0.15) is 0 Å². The third kappa shape index (κ3) is 12.8. The molecular formula is C29H54O8. The van der Waals surface area contributed by atoms with Crippen molar-refractivity contribution in [2.45, 2.75) is 118 Å². The molecule has 0 aromatic heterocycles. The normalized spacial score (nSPS) is 26.9. The maximum absolute atomic E-state index is 12.5. The van der Waals surface area contributed by atoms with Crippen molar-refractivity contribution in [2.24, 2.45) is 22.7 Å². The monoisotopic (exact) mass is 530 g/mol. The Kier molecular flexibility index (Phi) is 14.3. The van der Waals surface area contributed by atoms with Crippen LogP contribution < -0.4 is 0 Å². The van der Waals surface area contributed by atoms with Gasteiger partial charge >= 0.3 is 5.97 Å². The molecule has 0 bridgehead atoms. The van der Waals surface area contributed by atoms with E-state index >= 15 is 0 Å². The van der Waals surface area contributed by atoms with Gasteiger partial charge in [-0.25, -0.2) is 0 Å². The summed E-state index contributed by atoms with van der Waals surface area (Å²) in [5.74, 6) is -0.359. The minimum atomic E-state index is -0.392. The number of ether oxygens (including phenoxy) is 6. The van der Waals surface area contributed by atoms with E-state index in [1.54, 1.807) is 0 Å². The van der Waals surface area contributed by atoms with E-state index in [0.717, 1.165) is 64.6 Å². The summed E-state index contributed by atoms with van der Waals surface area (Å²) in [7, 11) is 0. The topological polar surface area (TPSA) is 92.7 Å². The summed E-state index contributed by atoms with van der Waals surface area (Å²) in [6, 6.07) is 0. The molecule has 3 saturated heterocycles. The van der Waals surface area contributed by atoms with Gasteiger partial charge in [0.1, 0.15) is 0 Å². The minimum Gasteiger partial charge on any atom is -0.435 e. The fraction of sp³-hybridized carbons (Fsp3) is 0.966. The lowest BCUT2D eigenvalue weighted by molar-refractivity contribution is -0.206. The van der Waals surface area contributed by atoms with Crippen LogP contribution in [0.5, 0.6) is 0 Å². The lowest BCUT2D eigenvalue weighted by Crippen LogP contribution is -2.39. The van der Waals surface area contributed by atoms with E-state index < -0.39 is 6.29 Å². The molecule has 0 aromatic carbocycles. The van der Waals surface area contributed by atoms with Crippen molar-refractivity contribution >= 4 is 5.97 Å². The van der Waals surface area contributed by atoms with Gasteiger partial charge < -0.3 is 33.5 Å². The first kappa shape index (κ1) is 32.4. The zero-order chi connectivity index (χ0) is 27.3. The van der Waals surface area contributed by atoms with Gasteiger partial charge in [-0.05, 0) is 62.2 Å². The Labute approximate surface area is 225 Å². The number of hydrogen-bond acceptors (Lipinski definition) is 8. The number of carbonyl (C=O) groups is 1. The Morgan fingerprint density at radius 1 is 0.730 bits per heavy atom. The van der Waals surface area contributed by atoms with E-state index in [1.165, 1.54) is 6.42 Å². The van der Waals surface area contributed by atoms with Crippen LogP contribution in [0.1, 0.15) is 99.3 Å². The predicted molar refractivity (Wildman–Crippen MR) is 142 cm³/mol. The van der Waals surface area contributed by atoms with Crippen molar-refractivity contribution in [3.8, 4) is 0 Å². The highest BCUT2D eigenvalue weighted by atomic mass is 16.7. The summed E-state index contributed by atoms with van der Waals surface area (Å²) < 4.78 is 33.6. The maximum Gasteiger partial charge on any atom is 0.314 e. The first-order chi connectivity index (χ1) is 17.5. The van der Waals surface area contributed by atoms with Gasteiger partial charge in [0.25, 0.3) is 0 Å². The summed E-state index contributed by atoms with van der Waals surface area (Å²) in [6.07, 6.45) is 8.67. The van der Waals surface area contributed by atoms with Gasteiger partial charge in [-0.3, -0.25) is 4.79 Å². The largest absolute Gasteiger partial charge is 0.435 e. The summed E-state index contributed by atoms with van der Waals surface area (Å²) in [5, 5.41) is 9.27. The number of esters is 1. The van der Waals surface area contributed by atoms with E-state index in [-0.39, 0.29) is 47.8 Å². The average Bonchev–Trinajstić information content (AvgIpc) is 2.85. The van der Waals surface area contributed by atoms with Crippen LogP contribution in [0.25, 0.3) is 0 Å². The van der Waals surface area contributed by atoms with Crippen molar-refractivity contribution in [3.63, 3.8) is 0 Å². The smallest absolute Gasteiger partial charge is 0.314 e. The molecule has 3 aliphatic heterocycles. The Balaban J connectivity index is 0.000000281. The van der Waals surface area contributed by atoms with E-state index in [9.17, 15) is 9.90 Å². The molecule has 3 heterocycles. The van der Waals surface area contributed by atoms with Gasteiger partial charge in [-0.1, -0.05) is 41.5 Å². The van der Waals surface area contributed by atoms with Gasteiger partial charge in [0.2, 0.25) is 6.29 Å². The molecule has 0 aliphatic carbocycles. The SMILES string of the molecule is CC(C)(C)[C@@H](COC1CCCCO1)C(=O)OC1CCCCO1.CC(C)(C)[C@H](CO)COC1CCCCO1. The highest BCUT2D eigenvalue weighted by molar-refractivity contribution is 5.73. The lowest BCUT2D eigenvalue weighted by Gasteiger charge is -2.32. The third-order valence-corrected chi connectivity index (χ3v) is 7.37. The van der Waals surface area contributed by atoms with Crippen molar-refractivity contribution < 1.29 is 38.3 Å². The molecule has 0 saturated carbocycles. The second-order valence-electron chi connectivity index (χ2n) is 12.7. The molecule has 3 unspecified atom stereocenters. The van der Waals surface area contributed by atoms with Crippen LogP contribution in [0, 0.1) is 22.7 Å². The molecule has 3 aliphatic rings. The maximum atomic E-state index is 12.5. The van der Waals surface area contributed by atoms with Crippen molar-refractivity contribution in [3.05, 3.63) is 0 Å². The molecule has 218 valence electrons. The highest BCUT2D eigenvalue weighted by Crippen LogP contribution is 2.30. The molecule has 37 heavy (non-hydrogen) atoms. The first-order valence-corrected chi connectivity index (χ1v) is 14.4. The Morgan fingerprint density at radius 3 is 1.57 bits per heavy atom. The quantitative estimate of drug-likeness (QED) is 0.394. The van der Waals surface area contributed by atoms with Crippen LogP contribution in [0.4, 0.5) is 0 Å². The van der Waals surface area contributed by atoms with Crippen LogP contribution in [0.2, 0.25) is 0 Å². The Bertz CT molecular complexity index is 608. The number of hydrogen-bond donors (Lipinski definition) is 1. The van der Waals surface area contributed by atoms with Gasteiger partial charge in [0.05, 0.1) is 25.7 Å². The molecule has 0 amide bonds. The number of aliphatic hydroxyl groups is 1. The number of carbonyl (C=O) groups excluding carboxylic acids is 1. The Morgan fingerprint density at radius 2 is 1.19 bits per heavy atom. The van der Waals surface area contributed by atoms with E-state index in [2.05, 4.69) is 20.8 Å². The van der Waals surface area contributed by atoms with Crippen LogP contribution >= 0.6 is 0 Å². The van der Waals surface area contributed by atoms with Crippen LogP contribution in [0.3, 0.4) is 0 Å². The zero-order valence-electron chi connectivity index (χ0n) is 24.3. The molecule has 8 heteroatoms. The van der Waals surface area contributed by atoms with E-state index in [4.69, 9.17) is 28.4 Å². The molecule has 3 fully saturated rings. The van der Waals surface area contributed by atoms with Gasteiger partial charge in [0.15, 0.2) is 12.6 Å². The van der Waals surface area contributed by atoms with Crippen LogP contribution in [-0.4, -0.2) is 69.6 Å². The number of rotatable bonds is 9. The Hall–Kier alpha value is -0.770. The predicted octanol–water partition coefficient (Wildman–Crippen LogP) is 5.45. The lowest BCUT2D eigenvalue weighted by atomic mass is 9.81. The molecular weight excluding hydrogens is 476 g/mol. The molecule has 0 aromatic rings. The third-order valence-electron chi connectivity index (χ3n) is 7.37. The van der Waals surface area contributed by atoms with Crippen molar-refractivity contribution in [1.82, 2.24) is 0 Å². The van der Waals surface area contributed by atoms with Crippen LogP contribution in [-0.2, 0) is 33.2 Å².